The lowest BCUT2D eigenvalue weighted by molar-refractivity contribution is -0.385. The predicted molar refractivity (Wildman–Crippen MR) is 91.1 cm³/mol. The first-order chi connectivity index (χ1) is 10.2. The van der Waals surface area contributed by atoms with Crippen molar-refractivity contribution < 1.29 is 9.85 Å². The molecule has 0 aromatic heterocycles. The van der Waals surface area contributed by atoms with Gasteiger partial charge in [0.2, 0.25) is 0 Å². The van der Waals surface area contributed by atoms with Crippen LogP contribution in [0.15, 0.2) is 45.3 Å². The first kappa shape index (κ1) is 18.2. The summed E-state index contributed by atoms with van der Waals surface area (Å²) in [5.74, 6) is 0. The van der Waals surface area contributed by atoms with Crippen LogP contribution < -0.4 is 0 Å². The zero-order valence-electron chi connectivity index (χ0n) is 11.7. The largest absolute Gasteiger partial charge is 0.271 e. The Labute approximate surface area is 143 Å². The Morgan fingerprint density at radius 1 is 0.818 bits per heavy atom. The third kappa shape index (κ3) is 5.19. The molecule has 0 heterocycles. The molecular weight excluding hydrogens is 420 g/mol. The molecule has 0 aliphatic rings. The molecule has 0 radical (unpaired) electrons. The molecule has 0 unspecified atom stereocenters. The van der Waals surface area contributed by atoms with E-state index in [1.807, 2.05) is 13.8 Å². The van der Waals surface area contributed by atoms with Crippen LogP contribution in [0.4, 0.5) is 11.4 Å². The Morgan fingerprint density at radius 2 is 1.23 bits per heavy atom. The number of nitro groups is 2. The van der Waals surface area contributed by atoms with E-state index >= 15 is 0 Å². The van der Waals surface area contributed by atoms with Gasteiger partial charge in [-0.05, 0) is 19.4 Å². The SMILES string of the molecule is Cc1c(Br)cc([N+](=O)[O-])cc1Br.Cc1ccc([N+](=O)[O-])cc1. The van der Waals surface area contributed by atoms with Crippen molar-refractivity contribution in [2.75, 3.05) is 0 Å². The smallest absolute Gasteiger partial charge is 0.258 e. The lowest BCUT2D eigenvalue weighted by atomic mass is 10.2. The maximum atomic E-state index is 10.4. The van der Waals surface area contributed by atoms with Crippen LogP contribution in [0.1, 0.15) is 11.1 Å². The van der Waals surface area contributed by atoms with Crippen LogP contribution in [0.25, 0.3) is 0 Å². The number of nitro benzene ring substituents is 2. The van der Waals surface area contributed by atoms with E-state index in [0.717, 1.165) is 20.1 Å². The minimum absolute atomic E-state index is 0.0827. The molecule has 2 rings (SSSR count). The van der Waals surface area contributed by atoms with Crippen LogP contribution in [0.3, 0.4) is 0 Å². The Hall–Kier alpha value is -1.80. The molecule has 0 atom stereocenters. The summed E-state index contributed by atoms with van der Waals surface area (Å²) in [6, 6.07) is 9.40. The number of benzene rings is 2. The second kappa shape index (κ2) is 8.00. The molecule has 0 amide bonds. The fourth-order valence-corrected chi connectivity index (χ4v) is 2.57. The topological polar surface area (TPSA) is 86.3 Å². The Morgan fingerprint density at radius 3 is 1.59 bits per heavy atom. The second-order valence-corrected chi connectivity index (χ2v) is 6.09. The molecule has 22 heavy (non-hydrogen) atoms. The number of hydrogen-bond acceptors (Lipinski definition) is 4. The third-order valence-corrected chi connectivity index (χ3v) is 4.37. The highest BCUT2D eigenvalue weighted by Crippen LogP contribution is 2.29. The zero-order valence-corrected chi connectivity index (χ0v) is 14.9. The molecule has 0 saturated heterocycles. The summed E-state index contributed by atoms with van der Waals surface area (Å²) in [7, 11) is 0. The van der Waals surface area contributed by atoms with Gasteiger partial charge in [-0.2, -0.15) is 0 Å². The van der Waals surface area contributed by atoms with Gasteiger partial charge in [0.1, 0.15) is 0 Å². The van der Waals surface area contributed by atoms with Gasteiger partial charge in [0, 0.05) is 33.2 Å². The van der Waals surface area contributed by atoms with Crippen LogP contribution in [0.2, 0.25) is 0 Å². The molecule has 6 nitrogen and oxygen atoms in total. The van der Waals surface area contributed by atoms with E-state index in [9.17, 15) is 20.2 Å². The normalized spacial score (nSPS) is 9.64. The lowest BCUT2D eigenvalue weighted by Crippen LogP contribution is -1.89. The van der Waals surface area contributed by atoms with Crippen molar-refractivity contribution in [1.82, 2.24) is 0 Å². The third-order valence-electron chi connectivity index (χ3n) is 2.72. The van der Waals surface area contributed by atoms with Crippen molar-refractivity contribution in [1.29, 1.82) is 0 Å². The number of hydrogen-bond donors (Lipinski definition) is 0. The molecular formula is C14H12Br2N2O4. The Kier molecular flexibility index (Phi) is 6.63. The van der Waals surface area contributed by atoms with E-state index in [1.165, 1.54) is 24.3 Å². The first-order valence-corrected chi connectivity index (χ1v) is 7.62. The van der Waals surface area contributed by atoms with Crippen LogP contribution in [-0.4, -0.2) is 9.85 Å². The minimum Gasteiger partial charge on any atom is -0.258 e. The van der Waals surface area contributed by atoms with Gasteiger partial charge >= 0.3 is 0 Å². The maximum absolute atomic E-state index is 10.4. The molecule has 2 aromatic rings. The fraction of sp³-hybridized carbons (Fsp3) is 0.143. The van der Waals surface area contributed by atoms with Crippen molar-refractivity contribution in [3.8, 4) is 0 Å². The molecule has 0 aliphatic heterocycles. The van der Waals surface area contributed by atoms with Gasteiger partial charge in [-0.25, -0.2) is 0 Å². The zero-order chi connectivity index (χ0) is 16.9. The number of rotatable bonds is 2. The van der Waals surface area contributed by atoms with Crippen LogP contribution in [0, 0.1) is 34.1 Å². The average molecular weight is 432 g/mol. The quantitative estimate of drug-likeness (QED) is 0.474. The standard InChI is InChI=1S/C7H5Br2NO2.C7H7NO2/c1-4-6(8)2-5(10(11)12)3-7(4)9;1-6-2-4-7(5-3-6)8(9)10/h2-3H,1H3;2-5H,1H3. The maximum Gasteiger partial charge on any atom is 0.271 e. The van der Waals surface area contributed by atoms with Gasteiger partial charge in [0.15, 0.2) is 0 Å². The van der Waals surface area contributed by atoms with E-state index in [4.69, 9.17) is 0 Å². The van der Waals surface area contributed by atoms with Gasteiger partial charge < -0.3 is 0 Å². The van der Waals surface area contributed by atoms with E-state index in [0.29, 0.717) is 0 Å². The predicted octanol–water partition coefficient (Wildman–Crippen LogP) is 5.33. The van der Waals surface area contributed by atoms with E-state index in [-0.39, 0.29) is 11.4 Å². The summed E-state index contributed by atoms with van der Waals surface area (Å²) >= 11 is 6.46. The van der Waals surface area contributed by atoms with Crippen molar-refractivity contribution in [2.45, 2.75) is 13.8 Å². The highest BCUT2D eigenvalue weighted by molar-refractivity contribution is 9.11. The van der Waals surface area contributed by atoms with Gasteiger partial charge in [-0.3, -0.25) is 20.2 Å². The first-order valence-electron chi connectivity index (χ1n) is 6.03. The Balaban J connectivity index is 0.000000224. The molecule has 116 valence electrons. The summed E-state index contributed by atoms with van der Waals surface area (Å²) in [5, 5.41) is 20.5. The lowest BCUT2D eigenvalue weighted by Gasteiger charge is -2.00. The molecule has 0 aliphatic carbocycles. The second-order valence-electron chi connectivity index (χ2n) is 4.38. The van der Waals surface area contributed by atoms with Crippen LogP contribution >= 0.6 is 31.9 Å². The van der Waals surface area contributed by atoms with Gasteiger partial charge in [0.05, 0.1) is 9.85 Å². The highest BCUT2D eigenvalue weighted by atomic mass is 79.9. The van der Waals surface area contributed by atoms with E-state index < -0.39 is 9.85 Å². The molecule has 0 N–H and O–H groups in total. The van der Waals surface area contributed by atoms with Gasteiger partial charge in [0.25, 0.3) is 11.4 Å². The number of halogens is 2. The molecule has 8 heteroatoms. The summed E-state index contributed by atoms with van der Waals surface area (Å²) in [4.78, 5) is 19.7. The number of nitrogens with zero attached hydrogens (tertiary/aromatic N) is 2. The van der Waals surface area contributed by atoms with E-state index in [2.05, 4.69) is 31.9 Å². The summed E-state index contributed by atoms with van der Waals surface area (Å²) in [6.07, 6.45) is 0. The number of aryl methyl sites for hydroxylation is 1. The summed E-state index contributed by atoms with van der Waals surface area (Å²) in [5.41, 5.74) is 2.22. The molecule has 2 aromatic carbocycles. The van der Waals surface area contributed by atoms with Crippen molar-refractivity contribution in [2.24, 2.45) is 0 Å². The van der Waals surface area contributed by atoms with Gasteiger partial charge in [-0.1, -0.05) is 49.6 Å². The Bertz CT molecular complexity index is 679. The minimum atomic E-state index is -0.422. The molecule has 0 bridgehead atoms. The highest BCUT2D eigenvalue weighted by Gasteiger charge is 2.10. The number of non-ortho nitro benzene ring substituents is 2. The van der Waals surface area contributed by atoms with Crippen molar-refractivity contribution in [3.63, 3.8) is 0 Å². The fourth-order valence-electron chi connectivity index (χ4n) is 1.40. The summed E-state index contributed by atoms with van der Waals surface area (Å²) in [6.45, 7) is 3.77. The molecule has 0 saturated carbocycles. The van der Waals surface area contributed by atoms with Crippen LogP contribution in [0.5, 0.6) is 0 Å². The van der Waals surface area contributed by atoms with Crippen molar-refractivity contribution >= 4 is 43.2 Å². The average Bonchev–Trinajstić information content (AvgIpc) is 2.45. The van der Waals surface area contributed by atoms with Gasteiger partial charge in [-0.15, -0.1) is 0 Å². The molecule has 0 fully saturated rings. The summed E-state index contributed by atoms with van der Waals surface area (Å²) < 4.78 is 1.48. The monoisotopic (exact) mass is 430 g/mol. The van der Waals surface area contributed by atoms with Crippen molar-refractivity contribution in [3.05, 3.63) is 76.7 Å². The van der Waals surface area contributed by atoms with Crippen LogP contribution in [-0.2, 0) is 0 Å². The van der Waals surface area contributed by atoms with E-state index in [1.54, 1.807) is 12.1 Å². The molecule has 0 spiro atoms.